The number of methoxy groups -OCH3 is 2. The van der Waals surface area contributed by atoms with E-state index in [4.69, 9.17) is 24.1 Å². The van der Waals surface area contributed by atoms with E-state index in [1.165, 1.54) is 12.1 Å². The Morgan fingerprint density at radius 2 is 1.58 bits per heavy atom. The van der Waals surface area contributed by atoms with Crippen LogP contribution in [-0.2, 0) is 40.9 Å². The zero-order valence-electron chi connectivity index (χ0n) is 34.4. The number of carboxylic acid groups (broad SMARTS) is 1. The lowest BCUT2D eigenvalue weighted by molar-refractivity contribution is -0.136. The third-order valence-electron chi connectivity index (χ3n) is 11.3. The predicted octanol–water partition coefficient (Wildman–Crippen LogP) is 1.84. The highest BCUT2D eigenvalue weighted by molar-refractivity contribution is 6.23. The van der Waals surface area contributed by atoms with Gasteiger partial charge in [-0.15, -0.1) is 0 Å². The van der Waals surface area contributed by atoms with Crippen LogP contribution in [-0.4, -0.2) is 139 Å². The van der Waals surface area contributed by atoms with Gasteiger partial charge >= 0.3 is 6.03 Å². The minimum Gasteiger partial charge on any atom is -0.496 e. The number of nitrogens with zero attached hydrogens (tertiary/aromatic N) is 5. The SMILES string of the molecule is COc1cc(-c2cn(C)c(=O)c3c2CCN(C(=O)NC2CCN(CCOc4ccc5c(c4)C(=O)N(C4CCC(=O)NC4=O)C5=O)CC2)C3)cc(OC)c1CN(C)C.O=CO. The second-order valence-corrected chi connectivity index (χ2v) is 15.4. The number of ether oxygens (including phenoxy) is 3. The average Bonchev–Trinajstić information content (AvgIpc) is 3.47. The Hall–Kier alpha value is -6.27. The van der Waals surface area contributed by atoms with Gasteiger partial charge in [-0.3, -0.25) is 43.9 Å². The van der Waals surface area contributed by atoms with E-state index in [2.05, 4.69) is 15.5 Å². The molecule has 7 rings (SSSR count). The molecule has 0 bridgehead atoms. The Balaban J connectivity index is 0.00000195. The molecular formula is C42H51N7O11. The van der Waals surface area contributed by atoms with Crippen LogP contribution < -0.4 is 30.4 Å². The van der Waals surface area contributed by atoms with Crippen LogP contribution in [0.25, 0.3) is 11.1 Å². The summed E-state index contributed by atoms with van der Waals surface area (Å²) in [4.78, 5) is 92.4. The number of fused-ring (bicyclic) bond motifs is 2. The van der Waals surface area contributed by atoms with Gasteiger partial charge in [0, 0.05) is 69.6 Å². The summed E-state index contributed by atoms with van der Waals surface area (Å²) in [5, 5.41) is 12.3. The molecule has 2 aromatic carbocycles. The maximum absolute atomic E-state index is 13.5. The van der Waals surface area contributed by atoms with Crippen molar-refractivity contribution >= 4 is 36.1 Å². The van der Waals surface area contributed by atoms with Crippen LogP contribution in [0.5, 0.6) is 17.2 Å². The average molecular weight is 830 g/mol. The lowest BCUT2D eigenvalue weighted by Crippen LogP contribution is -2.54. The third kappa shape index (κ3) is 9.13. The normalized spacial score (nSPS) is 18.0. The van der Waals surface area contributed by atoms with E-state index in [1.807, 2.05) is 37.3 Å². The maximum atomic E-state index is 13.5. The first-order valence-corrected chi connectivity index (χ1v) is 19.7. The van der Waals surface area contributed by atoms with Crippen LogP contribution >= 0.6 is 0 Å². The van der Waals surface area contributed by atoms with Crippen LogP contribution in [0.1, 0.15) is 63.1 Å². The van der Waals surface area contributed by atoms with Gasteiger partial charge in [0.15, 0.2) is 0 Å². The van der Waals surface area contributed by atoms with Crippen molar-refractivity contribution in [1.29, 1.82) is 0 Å². The molecule has 18 nitrogen and oxygen atoms in total. The summed E-state index contributed by atoms with van der Waals surface area (Å²) in [6.07, 6.45) is 4.03. The van der Waals surface area contributed by atoms with Gasteiger partial charge in [-0.05, 0) is 81.2 Å². The Bertz CT molecular complexity index is 2210. The summed E-state index contributed by atoms with van der Waals surface area (Å²) in [5.41, 5.74) is 4.50. The van der Waals surface area contributed by atoms with Crippen LogP contribution in [0, 0.1) is 0 Å². The number of urea groups is 1. The van der Waals surface area contributed by atoms with Gasteiger partial charge in [0.2, 0.25) is 11.8 Å². The fourth-order valence-corrected chi connectivity index (χ4v) is 8.23. The molecule has 4 aliphatic rings. The zero-order valence-corrected chi connectivity index (χ0v) is 34.4. The van der Waals surface area contributed by atoms with Crippen LogP contribution in [0.4, 0.5) is 4.79 Å². The zero-order chi connectivity index (χ0) is 43.2. The predicted molar refractivity (Wildman–Crippen MR) is 217 cm³/mol. The lowest BCUT2D eigenvalue weighted by atomic mass is 9.91. The van der Waals surface area contributed by atoms with E-state index in [0.29, 0.717) is 55.5 Å². The van der Waals surface area contributed by atoms with E-state index in [0.717, 1.165) is 53.1 Å². The lowest BCUT2D eigenvalue weighted by Gasteiger charge is -2.35. The number of rotatable bonds is 11. The Kier molecular flexibility index (Phi) is 13.5. The second kappa shape index (κ2) is 18.8. The molecule has 1 aromatic heterocycles. The maximum Gasteiger partial charge on any atom is 0.317 e. The number of imide groups is 2. The molecule has 5 heterocycles. The van der Waals surface area contributed by atoms with Gasteiger partial charge in [-0.2, -0.15) is 0 Å². The number of amides is 6. The number of aromatic nitrogens is 1. The molecule has 4 aliphatic heterocycles. The number of aryl methyl sites for hydroxylation is 1. The Morgan fingerprint density at radius 3 is 2.22 bits per heavy atom. The highest BCUT2D eigenvalue weighted by Gasteiger charge is 2.44. The molecule has 0 aliphatic carbocycles. The smallest absolute Gasteiger partial charge is 0.317 e. The molecule has 6 amide bonds. The molecule has 2 fully saturated rings. The van der Waals surface area contributed by atoms with Crippen molar-refractivity contribution in [2.24, 2.45) is 7.05 Å². The molecule has 2 saturated heterocycles. The number of hydrogen-bond acceptors (Lipinski definition) is 12. The van der Waals surface area contributed by atoms with Crippen molar-refractivity contribution in [3.63, 3.8) is 0 Å². The number of carbonyl (C=O) groups is 6. The summed E-state index contributed by atoms with van der Waals surface area (Å²) in [6, 6.07) is 7.43. The largest absolute Gasteiger partial charge is 0.496 e. The van der Waals surface area contributed by atoms with Gasteiger partial charge < -0.3 is 39.0 Å². The molecule has 0 saturated carbocycles. The molecule has 18 heteroatoms. The number of nitrogens with one attached hydrogen (secondary N) is 2. The monoisotopic (exact) mass is 829 g/mol. The minimum atomic E-state index is -1.02. The van der Waals surface area contributed by atoms with Gasteiger partial charge in [-0.1, -0.05) is 0 Å². The third-order valence-corrected chi connectivity index (χ3v) is 11.3. The first kappa shape index (κ1) is 43.3. The van der Waals surface area contributed by atoms with Crippen LogP contribution in [0.3, 0.4) is 0 Å². The van der Waals surface area contributed by atoms with E-state index in [9.17, 15) is 28.8 Å². The number of benzene rings is 2. The molecule has 320 valence electrons. The van der Waals surface area contributed by atoms with E-state index in [1.54, 1.807) is 36.8 Å². The Labute approximate surface area is 346 Å². The van der Waals surface area contributed by atoms with Crippen molar-refractivity contribution in [1.82, 2.24) is 34.8 Å². The molecule has 60 heavy (non-hydrogen) atoms. The van der Waals surface area contributed by atoms with E-state index < -0.39 is 29.7 Å². The van der Waals surface area contributed by atoms with Gasteiger partial charge in [0.25, 0.3) is 23.8 Å². The van der Waals surface area contributed by atoms with Crippen molar-refractivity contribution < 1.29 is 48.1 Å². The molecular weight excluding hydrogens is 778 g/mol. The van der Waals surface area contributed by atoms with Gasteiger partial charge in [0.05, 0.1) is 37.5 Å². The van der Waals surface area contributed by atoms with E-state index in [-0.39, 0.29) is 54.6 Å². The molecule has 3 N–H and O–H groups in total. The highest BCUT2D eigenvalue weighted by Crippen LogP contribution is 2.38. The summed E-state index contributed by atoms with van der Waals surface area (Å²) >= 11 is 0. The fourth-order valence-electron chi connectivity index (χ4n) is 8.23. The van der Waals surface area contributed by atoms with Crippen molar-refractivity contribution in [3.8, 4) is 28.4 Å². The van der Waals surface area contributed by atoms with Crippen molar-refractivity contribution in [2.45, 2.75) is 57.3 Å². The van der Waals surface area contributed by atoms with Gasteiger partial charge in [-0.25, -0.2) is 4.79 Å². The van der Waals surface area contributed by atoms with Crippen molar-refractivity contribution in [2.75, 3.05) is 61.1 Å². The molecule has 0 radical (unpaired) electrons. The molecule has 3 aromatic rings. The first-order chi connectivity index (χ1) is 28.8. The van der Waals surface area contributed by atoms with Gasteiger partial charge in [0.1, 0.15) is 29.9 Å². The quantitative estimate of drug-likeness (QED) is 0.187. The summed E-state index contributed by atoms with van der Waals surface area (Å²) in [5.74, 6) is -0.377. The first-order valence-electron chi connectivity index (χ1n) is 19.7. The standard InChI is InChI=1S/C41H49N7O9.CH2O2/c1-44(2)21-32-34(55-4)18-24(19-35(32)56-5)30-22-45(3)38(51)31-23-47(15-12-27(30)31)41(54)42-25-10-13-46(14-11-25)16-17-57-26-6-7-28-29(20-26)40(53)48(39(28)52)33-8-9-36(49)43-37(33)50;2-1-3/h6-7,18-20,22,25,33H,8-17,21,23H2,1-5H3,(H,42,54)(H,43,49,50);1H,(H,2,3). The number of hydrogen-bond donors (Lipinski definition) is 3. The highest BCUT2D eigenvalue weighted by atomic mass is 16.5. The minimum absolute atomic E-state index is 0.0154. The molecule has 1 atom stereocenters. The molecule has 1 unspecified atom stereocenters. The molecule has 0 spiro atoms. The number of piperidine rings is 2. The van der Waals surface area contributed by atoms with E-state index >= 15 is 0 Å². The number of pyridine rings is 1. The topological polar surface area (TPSA) is 209 Å². The van der Waals surface area contributed by atoms with Crippen LogP contribution in [0.15, 0.2) is 41.3 Å². The number of likely N-dealkylation sites (tertiary alicyclic amines) is 1. The van der Waals surface area contributed by atoms with Crippen molar-refractivity contribution in [3.05, 3.63) is 74.7 Å². The fraction of sp³-hybridized carbons (Fsp3) is 0.452. The summed E-state index contributed by atoms with van der Waals surface area (Å²) < 4.78 is 19.1. The summed E-state index contributed by atoms with van der Waals surface area (Å²) in [6.45, 7) is 3.54. The second-order valence-electron chi connectivity index (χ2n) is 15.4. The Morgan fingerprint density at radius 1 is 0.917 bits per heavy atom. The van der Waals surface area contributed by atoms with Crippen LogP contribution in [0.2, 0.25) is 0 Å². The number of carbonyl (C=O) groups excluding carboxylic acids is 5. The summed E-state index contributed by atoms with van der Waals surface area (Å²) in [7, 11) is 8.97.